The molecule has 1 fully saturated rings. The third kappa shape index (κ3) is 3.96. The van der Waals surface area contributed by atoms with Gasteiger partial charge in [-0.3, -0.25) is 14.4 Å². The minimum Gasteiger partial charge on any atom is -0.389 e. The summed E-state index contributed by atoms with van der Waals surface area (Å²) in [4.78, 5) is 45.0. The van der Waals surface area contributed by atoms with Crippen molar-refractivity contribution >= 4 is 23.5 Å². The third-order valence-electron chi connectivity index (χ3n) is 7.11. The van der Waals surface area contributed by atoms with E-state index in [0.29, 0.717) is 37.2 Å². The van der Waals surface area contributed by atoms with Crippen molar-refractivity contribution in [2.45, 2.75) is 63.0 Å². The Hall–Kier alpha value is -3.26. The van der Waals surface area contributed by atoms with Crippen LogP contribution in [-0.4, -0.2) is 57.4 Å². The van der Waals surface area contributed by atoms with Crippen LogP contribution in [-0.2, 0) is 27.8 Å². The van der Waals surface area contributed by atoms with Crippen LogP contribution in [0.5, 0.6) is 0 Å². The lowest BCUT2D eigenvalue weighted by Crippen LogP contribution is -2.50. The molecule has 2 aromatic rings. The Morgan fingerprint density at radius 1 is 1.24 bits per heavy atom. The van der Waals surface area contributed by atoms with Crippen LogP contribution in [0.1, 0.15) is 60.2 Å². The highest BCUT2D eigenvalue weighted by Gasteiger charge is 2.51. The molecule has 5 rings (SSSR count). The van der Waals surface area contributed by atoms with E-state index in [1.807, 2.05) is 24.3 Å². The molecule has 8 heteroatoms. The number of nitrogens with zero attached hydrogens (tertiary/aromatic N) is 2. The van der Waals surface area contributed by atoms with Gasteiger partial charge in [0.05, 0.1) is 11.0 Å². The highest BCUT2D eigenvalue weighted by atomic mass is 16.3. The lowest BCUT2D eigenvalue weighted by molar-refractivity contribution is -0.135. The van der Waals surface area contributed by atoms with Crippen molar-refractivity contribution in [1.82, 2.24) is 15.2 Å². The van der Waals surface area contributed by atoms with Crippen LogP contribution in [0.15, 0.2) is 36.5 Å². The topological polar surface area (TPSA) is 112 Å². The monoisotopic (exact) mass is 462 g/mol. The second-order valence-corrected chi connectivity index (χ2v) is 10.4. The summed E-state index contributed by atoms with van der Waals surface area (Å²) in [5.74, 6) is 0.102. The van der Waals surface area contributed by atoms with E-state index in [2.05, 4.69) is 15.6 Å². The van der Waals surface area contributed by atoms with E-state index in [9.17, 15) is 19.5 Å². The summed E-state index contributed by atoms with van der Waals surface area (Å²) < 4.78 is 0. The van der Waals surface area contributed by atoms with Crippen molar-refractivity contribution in [3.05, 3.63) is 58.8 Å². The number of benzene rings is 1. The smallest absolute Gasteiger partial charge is 0.251 e. The number of aliphatic hydroxyl groups is 1. The van der Waals surface area contributed by atoms with Crippen LogP contribution < -0.4 is 10.6 Å². The molecule has 1 aromatic carbocycles. The van der Waals surface area contributed by atoms with E-state index >= 15 is 0 Å². The summed E-state index contributed by atoms with van der Waals surface area (Å²) in [6, 6.07) is 8.69. The fraction of sp³-hybridized carbons (Fsp3) is 0.462. The lowest BCUT2D eigenvalue weighted by Gasteiger charge is -2.30. The zero-order valence-electron chi connectivity index (χ0n) is 19.6. The number of hydrogen-bond acceptors (Lipinski definition) is 5. The van der Waals surface area contributed by atoms with Crippen molar-refractivity contribution in [3.63, 3.8) is 0 Å². The molecule has 3 heterocycles. The molecule has 3 N–H and O–H groups in total. The first-order chi connectivity index (χ1) is 16.2. The fourth-order valence-corrected chi connectivity index (χ4v) is 5.51. The molecule has 178 valence electrons. The second-order valence-electron chi connectivity index (χ2n) is 10.4. The average Bonchev–Trinajstić information content (AvgIpc) is 3.25. The van der Waals surface area contributed by atoms with Crippen LogP contribution in [0, 0.1) is 0 Å². The average molecular weight is 463 g/mol. The first kappa shape index (κ1) is 22.5. The van der Waals surface area contributed by atoms with Gasteiger partial charge in [0.1, 0.15) is 11.9 Å². The molecule has 1 aliphatic carbocycles. The van der Waals surface area contributed by atoms with E-state index in [1.165, 1.54) is 0 Å². The summed E-state index contributed by atoms with van der Waals surface area (Å²) in [6.45, 7) is 4.16. The summed E-state index contributed by atoms with van der Waals surface area (Å²) in [5.41, 5.74) is 1.71. The first-order valence-electron chi connectivity index (χ1n) is 11.9. The fourth-order valence-electron chi connectivity index (χ4n) is 5.51. The standard InChI is InChI=1S/C26H30N4O4/c1-25(2,34)15-30-11-4-3-7-20(23(30)32)28-22(31)16-8-9-17-13-26(14-18(17)12-16)19-6-5-10-27-21(19)29-24(26)33/h5-6,8-10,12,20,34H,3-4,7,11,13-15H2,1-2H3,(H,28,31)(H,27,29,33)/t20-,26?/m1/s1. The van der Waals surface area contributed by atoms with Gasteiger partial charge in [0, 0.05) is 30.4 Å². The molecule has 1 aromatic heterocycles. The Balaban J connectivity index is 1.33. The van der Waals surface area contributed by atoms with Gasteiger partial charge in [-0.1, -0.05) is 12.1 Å². The molecule has 0 bridgehead atoms. The molecule has 3 aliphatic rings. The Kier molecular flexibility index (Phi) is 5.43. The van der Waals surface area contributed by atoms with E-state index in [0.717, 1.165) is 29.5 Å². The quantitative estimate of drug-likeness (QED) is 0.643. The van der Waals surface area contributed by atoms with Gasteiger partial charge in [-0.2, -0.15) is 0 Å². The zero-order valence-corrected chi connectivity index (χ0v) is 19.6. The molecule has 0 saturated carbocycles. The number of fused-ring (bicyclic) bond motifs is 3. The second kappa shape index (κ2) is 8.20. The number of pyridine rings is 1. The molecule has 0 radical (unpaired) electrons. The largest absolute Gasteiger partial charge is 0.389 e. The van der Waals surface area contributed by atoms with Gasteiger partial charge >= 0.3 is 0 Å². The number of carbonyl (C=O) groups excluding carboxylic acids is 3. The number of amides is 3. The molecular formula is C26H30N4O4. The summed E-state index contributed by atoms with van der Waals surface area (Å²) >= 11 is 0. The molecule has 1 unspecified atom stereocenters. The van der Waals surface area contributed by atoms with E-state index in [1.54, 1.807) is 31.0 Å². The molecule has 34 heavy (non-hydrogen) atoms. The number of β-amino-alcohol motifs (C(OH)–C–C–N with tert-alkyl or cyclic N) is 1. The number of anilines is 1. The van der Waals surface area contributed by atoms with Gasteiger partial charge in [0.25, 0.3) is 5.91 Å². The molecular weight excluding hydrogens is 432 g/mol. The van der Waals surface area contributed by atoms with E-state index in [-0.39, 0.29) is 24.3 Å². The molecule has 3 amide bonds. The Bertz CT molecular complexity index is 1170. The predicted octanol–water partition coefficient (Wildman–Crippen LogP) is 1.95. The minimum absolute atomic E-state index is 0.0562. The zero-order chi connectivity index (χ0) is 24.1. The van der Waals surface area contributed by atoms with Crippen LogP contribution in [0.2, 0.25) is 0 Å². The normalized spacial score (nSPS) is 24.0. The summed E-state index contributed by atoms with van der Waals surface area (Å²) in [7, 11) is 0. The third-order valence-corrected chi connectivity index (χ3v) is 7.11. The molecule has 1 spiro atoms. The van der Waals surface area contributed by atoms with Crippen LogP contribution in [0.3, 0.4) is 0 Å². The Morgan fingerprint density at radius 2 is 2.03 bits per heavy atom. The molecule has 2 atom stereocenters. The predicted molar refractivity (Wildman–Crippen MR) is 126 cm³/mol. The van der Waals surface area contributed by atoms with Gasteiger partial charge in [0.2, 0.25) is 11.8 Å². The van der Waals surface area contributed by atoms with Crippen molar-refractivity contribution in [1.29, 1.82) is 0 Å². The van der Waals surface area contributed by atoms with Gasteiger partial charge < -0.3 is 20.6 Å². The Morgan fingerprint density at radius 3 is 2.82 bits per heavy atom. The maximum absolute atomic E-state index is 13.1. The number of likely N-dealkylation sites (tertiary alicyclic amines) is 1. The van der Waals surface area contributed by atoms with Crippen molar-refractivity contribution in [3.8, 4) is 0 Å². The SMILES string of the molecule is CC(C)(O)CN1CCCC[C@@H](NC(=O)c2ccc3c(c2)CC2(C3)C(=O)Nc3ncccc32)C1=O. The Labute approximate surface area is 198 Å². The summed E-state index contributed by atoms with van der Waals surface area (Å²) in [5, 5.41) is 16.0. The summed E-state index contributed by atoms with van der Waals surface area (Å²) in [6.07, 6.45) is 4.99. The maximum atomic E-state index is 13.1. The van der Waals surface area contributed by atoms with E-state index < -0.39 is 17.1 Å². The van der Waals surface area contributed by atoms with Gasteiger partial charge in [-0.15, -0.1) is 0 Å². The molecule has 2 aliphatic heterocycles. The first-order valence-corrected chi connectivity index (χ1v) is 11.9. The number of nitrogens with one attached hydrogen (secondary N) is 2. The number of hydrogen-bond donors (Lipinski definition) is 3. The van der Waals surface area contributed by atoms with Crippen LogP contribution in [0.25, 0.3) is 0 Å². The van der Waals surface area contributed by atoms with Crippen molar-refractivity contribution < 1.29 is 19.5 Å². The van der Waals surface area contributed by atoms with Crippen molar-refractivity contribution in [2.24, 2.45) is 0 Å². The minimum atomic E-state index is -0.995. The highest BCUT2D eigenvalue weighted by Crippen LogP contribution is 2.46. The van der Waals surface area contributed by atoms with Gasteiger partial charge in [-0.25, -0.2) is 4.98 Å². The number of rotatable bonds is 4. The molecule has 8 nitrogen and oxygen atoms in total. The van der Waals surface area contributed by atoms with E-state index in [4.69, 9.17) is 0 Å². The number of aromatic nitrogens is 1. The van der Waals surface area contributed by atoms with Crippen molar-refractivity contribution in [2.75, 3.05) is 18.4 Å². The van der Waals surface area contributed by atoms with Crippen LogP contribution in [0.4, 0.5) is 5.82 Å². The number of carbonyl (C=O) groups is 3. The lowest BCUT2D eigenvalue weighted by atomic mass is 9.79. The highest BCUT2D eigenvalue weighted by molar-refractivity contribution is 6.06. The molecule has 1 saturated heterocycles. The van der Waals surface area contributed by atoms with Gasteiger partial charge in [-0.05, 0) is 75.3 Å². The van der Waals surface area contributed by atoms with Crippen LogP contribution >= 0.6 is 0 Å². The van der Waals surface area contributed by atoms with Gasteiger partial charge in [0.15, 0.2) is 0 Å². The maximum Gasteiger partial charge on any atom is 0.251 e.